The molecule has 134 valence electrons. The molecule has 1 amide bonds. The molecule has 0 radical (unpaired) electrons. The summed E-state index contributed by atoms with van der Waals surface area (Å²) in [5.41, 5.74) is 1.05. The van der Waals surface area contributed by atoms with E-state index in [0.717, 1.165) is 14.7 Å². The molecule has 0 spiro atoms. The summed E-state index contributed by atoms with van der Waals surface area (Å²) in [6.07, 6.45) is 1.74. The van der Waals surface area contributed by atoms with Crippen molar-refractivity contribution in [2.24, 2.45) is 4.99 Å². The molecule has 4 rings (SSSR count). The highest BCUT2D eigenvalue weighted by atomic mass is 79.9. The molecule has 0 fully saturated rings. The second-order valence-electron chi connectivity index (χ2n) is 5.78. The summed E-state index contributed by atoms with van der Waals surface area (Å²) in [6, 6.07) is 13.9. The molecule has 0 saturated heterocycles. The van der Waals surface area contributed by atoms with E-state index in [0.29, 0.717) is 22.3 Å². The Hall–Kier alpha value is -2.77. The summed E-state index contributed by atoms with van der Waals surface area (Å²) >= 11 is 4.84. The van der Waals surface area contributed by atoms with Crippen LogP contribution in [0.15, 0.2) is 79.9 Å². The first kappa shape index (κ1) is 17.6. The van der Waals surface area contributed by atoms with Crippen LogP contribution in [0.5, 0.6) is 0 Å². The Morgan fingerprint density at radius 3 is 2.89 bits per heavy atom. The molecule has 0 aliphatic carbocycles. The van der Waals surface area contributed by atoms with Crippen LogP contribution in [0, 0.1) is 0 Å². The number of aromatic nitrogens is 1. The van der Waals surface area contributed by atoms with Crippen LogP contribution in [0.4, 0.5) is 0 Å². The zero-order valence-electron chi connectivity index (χ0n) is 14.0. The molecule has 0 N–H and O–H groups in total. The molecule has 7 heteroatoms. The number of allylic oxidation sites excluding steroid dienone is 1. The van der Waals surface area contributed by atoms with E-state index < -0.39 is 5.91 Å². The zero-order valence-corrected chi connectivity index (χ0v) is 16.4. The first-order valence-corrected chi connectivity index (χ1v) is 9.69. The van der Waals surface area contributed by atoms with E-state index in [4.69, 9.17) is 4.42 Å². The second-order valence-corrected chi connectivity index (χ2v) is 7.71. The molecular weight excluding hydrogens is 428 g/mol. The lowest BCUT2D eigenvalue weighted by Crippen LogP contribution is -2.17. The van der Waals surface area contributed by atoms with Gasteiger partial charge in [-0.1, -0.05) is 45.5 Å². The minimum atomic E-state index is -0.596. The van der Waals surface area contributed by atoms with Gasteiger partial charge in [0.2, 0.25) is 0 Å². The number of fused-ring (bicyclic) bond motifs is 2. The van der Waals surface area contributed by atoms with Crippen molar-refractivity contribution in [3.63, 3.8) is 0 Å². The lowest BCUT2D eigenvalue weighted by molar-refractivity contribution is 0.0972. The first-order chi connectivity index (χ1) is 13.1. The van der Waals surface area contributed by atoms with Crippen molar-refractivity contribution < 1.29 is 9.21 Å². The Balaban J connectivity index is 1.88. The molecular formula is C20H13BrN2O3S. The highest BCUT2D eigenvalue weighted by Crippen LogP contribution is 2.22. The van der Waals surface area contributed by atoms with Gasteiger partial charge in [-0.25, -0.2) is 0 Å². The van der Waals surface area contributed by atoms with E-state index in [1.807, 2.05) is 22.8 Å². The Kier molecular flexibility index (Phi) is 4.63. The first-order valence-electron chi connectivity index (χ1n) is 8.08. The lowest BCUT2D eigenvalue weighted by Gasteiger charge is -2.01. The number of amides is 1. The number of nitrogens with zero attached hydrogens (tertiary/aromatic N) is 2. The van der Waals surface area contributed by atoms with E-state index in [2.05, 4.69) is 27.5 Å². The van der Waals surface area contributed by atoms with Crippen LogP contribution in [0.1, 0.15) is 10.6 Å². The Labute approximate surface area is 166 Å². The van der Waals surface area contributed by atoms with Gasteiger partial charge in [0, 0.05) is 17.1 Å². The van der Waals surface area contributed by atoms with Crippen LogP contribution >= 0.6 is 27.3 Å². The topological polar surface area (TPSA) is 64.6 Å². The fourth-order valence-electron chi connectivity index (χ4n) is 2.79. The van der Waals surface area contributed by atoms with E-state index in [1.54, 1.807) is 30.3 Å². The van der Waals surface area contributed by atoms with Crippen molar-refractivity contribution >= 4 is 54.4 Å². The van der Waals surface area contributed by atoms with Crippen LogP contribution in [0.2, 0.25) is 0 Å². The smallest absolute Gasteiger partial charge is 0.315 e. The van der Waals surface area contributed by atoms with Crippen molar-refractivity contribution in [3.05, 3.63) is 86.4 Å². The minimum Gasteiger partial charge on any atom is -0.451 e. The monoisotopic (exact) mass is 440 g/mol. The van der Waals surface area contributed by atoms with Crippen molar-refractivity contribution in [3.8, 4) is 0 Å². The summed E-state index contributed by atoms with van der Waals surface area (Å²) in [7, 11) is 0. The third-order valence-electron chi connectivity index (χ3n) is 4.00. The minimum absolute atomic E-state index is 0.0810. The molecule has 0 aliphatic rings. The predicted octanol–water partition coefficient (Wildman–Crippen LogP) is 4.50. The highest BCUT2D eigenvalue weighted by molar-refractivity contribution is 9.10. The maximum atomic E-state index is 12.7. The van der Waals surface area contributed by atoms with Crippen molar-refractivity contribution in [1.29, 1.82) is 0 Å². The number of hydrogen-bond donors (Lipinski definition) is 0. The van der Waals surface area contributed by atoms with Gasteiger partial charge in [0.25, 0.3) is 0 Å². The molecule has 2 heterocycles. The van der Waals surface area contributed by atoms with Crippen LogP contribution < -0.4 is 10.2 Å². The molecule has 2 aromatic carbocycles. The quantitative estimate of drug-likeness (QED) is 0.440. The van der Waals surface area contributed by atoms with E-state index in [1.165, 1.54) is 17.4 Å². The van der Waals surface area contributed by atoms with E-state index in [-0.39, 0.29) is 11.2 Å². The van der Waals surface area contributed by atoms with Gasteiger partial charge >= 0.3 is 5.91 Å². The number of thiazole rings is 1. The number of benzene rings is 2. The third-order valence-corrected chi connectivity index (χ3v) is 5.53. The lowest BCUT2D eigenvalue weighted by atomic mass is 10.2. The van der Waals surface area contributed by atoms with Gasteiger partial charge in [-0.2, -0.15) is 4.99 Å². The number of rotatable bonds is 3. The van der Waals surface area contributed by atoms with Crippen molar-refractivity contribution in [1.82, 2.24) is 4.57 Å². The maximum absolute atomic E-state index is 12.7. The molecule has 5 nitrogen and oxygen atoms in total. The number of carbonyl (C=O) groups excluding carboxylic acids is 1. The van der Waals surface area contributed by atoms with Crippen molar-refractivity contribution in [2.75, 3.05) is 0 Å². The van der Waals surface area contributed by atoms with Crippen molar-refractivity contribution in [2.45, 2.75) is 6.54 Å². The summed E-state index contributed by atoms with van der Waals surface area (Å²) in [5, 5.41) is 0.433. The SMILES string of the molecule is C=CCn1c(=NC(=O)c2cc(=O)c3ccccc3o2)sc2cc(Br)ccc21. The predicted molar refractivity (Wildman–Crippen MR) is 110 cm³/mol. The molecule has 4 aromatic rings. The fraction of sp³-hybridized carbons (Fsp3) is 0.0500. The van der Waals surface area contributed by atoms with Gasteiger partial charge in [0.05, 0.1) is 15.6 Å². The summed E-state index contributed by atoms with van der Waals surface area (Å²) in [5.74, 6) is -0.677. The Morgan fingerprint density at radius 1 is 1.26 bits per heavy atom. The summed E-state index contributed by atoms with van der Waals surface area (Å²) in [4.78, 5) is 29.6. The highest BCUT2D eigenvalue weighted by Gasteiger charge is 2.13. The Bertz CT molecular complexity index is 1330. The van der Waals surface area contributed by atoms with Gasteiger partial charge in [-0.3, -0.25) is 9.59 Å². The maximum Gasteiger partial charge on any atom is 0.315 e. The van der Waals surface area contributed by atoms with Gasteiger partial charge < -0.3 is 8.98 Å². The average Bonchev–Trinajstić information content (AvgIpc) is 2.98. The number of hydrogen-bond acceptors (Lipinski definition) is 4. The third kappa shape index (κ3) is 3.31. The van der Waals surface area contributed by atoms with E-state index >= 15 is 0 Å². The number of halogens is 1. The molecule has 2 aromatic heterocycles. The number of para-hydroxylation sites is 1. The van der Waals surface area contributed by atoms with Crippen LogP contribution in [0.25, 0.3) is 21.2 Å². The summed E-state index contributed by atoms with van der Waals surface area (Å²) < 4.78 is 9.42. The molecule has 0 unspecified atom stereocenters. The standard InChI is InChI=1S/C20H13BrN2O3S/c1-2-9-23-14-8-7-12(21)10-18(14)27-20(23)22-19(25)17-11-15(24)13-5-3-4-6-16(13)26-17/h2-8,10-11H,1,9H2. The van der Waals surface area contributed by atoms with Crippen LogP contribution in [-0.4, -0.2) is 10.5 Å². The number of carbonyl (C=O) groups is 1. The Morgan fingerprint density at radius 2 is 2.07 bits per heavy atom. The molecule has 0 atom stereocenters. The van der Waals surface area contributed by atoms with Crippen LogP contribution in [0.3, 0.4) is 0 Å². The van der Waals surface area contributed by atoms with Gasteiger partial charge in [-0.05, 0) is 30.3 Å². The zero-order chi connectivity index (χ0) is 19.0. The molecule has 0 bridgehead atoms. The normalized spacial score (nSPS) is 12.0. The van der Waals surface area contributed by atoms with Crippen LogP contribution in [-0.2, 0) is 6.54 Å². The molecule has 0 aliphatic heterocycles. The fourth-order valence-corrected chi connectivity index (χ4v) is 4.38. The van der Waals surface area contributed by atoms with Gasteiger partial charge in [-0.15, -0.1) is 6.58 Å². The summed E-state index contributed by atoms with van der Waals surface area (Å²) in [6.45, 7) is 4.28. The molecule has 0 saturated carbocycles. The average molecular weight is 441 g/mol. The largest absolute Gasteiger partial charge is 0.451 e. The molecule has 27 heavy (non-hydrogen) atoms. The van der Waals surface area contributed by atoms with Gasteiger partial charge in [0.15, 0.2) is 16.0 Å². The van der Waals surface area contributed by atoms with Gasteiger partial charge in [0.1, 0.15) is 5.58 Å². The van der Waals surface area contributed by atoms with E-state index in [9.17, 15) is 9.59 Å². The second kappa shape index (κ2) is 7.09.